The van der Waals surface area contributed by atoms with Crippen molar-refractivity contribution in [2.45, 2.75) is 6.92 Å². The number of carbonyl (C=O) groups is 1. The van der Waals surface area contributed by atoms with E-state index in [2.05, 4.69) is 5.32 Å². The lowest BCUT2D eigenvalue weighted by atomic mass is 10.0. The lowest BCUT2D eigenvalue weighted by Gasteiger charge is -2.32. The van der Waals surface area contributed by atoms with Crippen LogP contribution in [0.3, 0.4) is 0 Å². The smallest absolute Gasteiger partial charge is 0.324 e. The van der Waals surface area contributed by atoms with Crippen molar-refractivity contribution in [3.05, 3.63) is 70.5 Å². The molecule has 5 nitrogen and oxygen atoms in total. The molecule has 0 saturated carbocycles. The molecule has 24 heavy (non-hydrogen) atoms. The summed E-state index contributed by atoms with van der Waals surface area (Å²) in [6.07, 6.45) is 0. The third kappa shape index (κ3) is 2.71. The van der Waals surface area contributed by atoms with Crippen molar-refractivity contribution >= 4 is 19.4 Å². The molecule has 1 atom stereocenters. The molecule has 1 aliphatic rings. The first-order valence-electron chi connectivity index (χ1n) is 7.49. The van der Waals surface area contributed by atoms with Crippen molar-refractivity contribution < 1.29 is 18.7 Å². The molecule has 1 unspecified atom stereocenters. The summed E-state index contributed by atoms with van der Waals surface area (Å²) in [5.41, 5.74) is 2.49. The number of rotatable bonds is 3. The zero-order valence-corrected chi connectivity index (χ0v) is 14.6. The van der Waals surface area contributed by atoms with E-state index in [1.807, 2.05) is 37.3 Å². The molecule has 3 rings (SSSR count). The van der Waals surface area contributed by atoms with Gasteiger partial charge in [-0.15, -0.1) is 0 Å². The van der Waals surface area contributed by atoms with Gasteiger partial charge in [-0.2, -0.15) is 4.52 Å². The zero-order chi connectivity index (χ0) is 17.3. The molecule has 0 spiro atoms. The molecule has 2 aromatic rings. The number of carbonyl (C=O) groups excluding carboxylic acids is 1. The van der Waals surface area contributed by atoms with Crippen LogP contribution in [-0.2, 0) is 4.52 Å². The molecule has 0 saturated heterocycles. The summed E-state index contributed by atoms with van der Waals surface area (Å²) in [6, 6.07) is 14.4. The highest BCUT2D eigenvalue weighted by Crippen LogP contribution is 2.64. The number of ketones is 1. The molecule has 124 valence electrons. The fourth-order valence-electron chi connectivity index (χ4n) is 2.71. The van der Waals surface area contributed by atoms with Gasteiger partial charge in [0.2, 0.25) is 11.1 Å². The van der Waals surface area contributed by atoms with E-state index < -0.39 is 7.94 Å². The summed E-state index contributed by atoms with van der Waals surface area (Å²) >= 11 is 0. The van der Waals surface area contributed by atoms with E-state index in [4.69, 9.17) is 9.05 Å². The predicted molar refractivity (Wildman–Crippen MR) is 92.5 cm³/mol. The van der Waals surface area contributed by atoms with Crippen molar-refractivity contribution in [2.24, 2.45) is 0 Å². The number of nitrogens with one attached hydrogen (secondary N) is 1. The molecule has 0 radical (unpaired) electrons. The van der Waals surface area contributed by atoms with E-state index >= 15 is 0 Å². The maximum Gasteiger partial charge on any atom is 0.324 e. The van der Waals surface area contributed by atoms with Crippen LogP contribution in [0.5, 0.6) is 5.75 Å². The summed E-state index contributed by atoms with van der Waals surface area (Å²) in [5.74, 6) is -0.0682. The van der Waals surface area contributed by atoms with Crippen LogP contribution < -0.4 is 14.7 Å². The molecule has 6 heteroatoms. The van der Waals surface area contributed by atoms with Gasteiger partial charge >= 0.3 is 7.94 Å². The lowest BCUT2D eigenvalue weighted by Crippen LogP contribution is -2.30. The Hall–Kier alpha value is -2.20. The van der Waals surface area contributed by atoms with Crippen LogP contribution in [0.15, 0.2) is 53.8 Å². The van der Waals surface area contributed by atoms with Gasteiger partial charge in [-0.25, -0.2) is 0 Å². The van der Waals surface area contributed by atoms with Gasteiger partial charge in [-0.05, 0) is 19.1 Å². The maximum absolute atomic E-state index is 13.2. The number of allylic oxidation sites excluding steroid dienone is 1. The van der Waals surface area contributed by atoms with Gasteiger partial charge < -0.3 is 14.7 Å². The van der Waals surface area contributed by atoms with Crippen LogP contribution in [-0.4, -0.2) is 19.9 Å². The SMILES string of the molecule is CN/C(=C1/C(=O)c2cc(C)ccc2O[P+]1([O-])OC)c1ccccc1. The second-order valence-corrected chi connectivity index (χ2v) is 7.43. The Labute approximate surface area is 141 Å². The molecular formula is C18H18NO4P. The van der Waals surface area contributed by atoms with Crippen molar-refractivity contribution in [1.29, 1.82) is 0 Å². The highest BCUT2D eigenvalue weighted by Gasteiger charge is 2.49. The summed E-state index contributed by atoms with van der Waals surface area (Å²) in [7, 11) is -0.820. The Kier molecular flexibility index (Phi) is 4.41. The van der Waals surface area contributed by atoms with Crippen LogP contribution in [0.25, 0.3) is 5.70 Å². The zero-order valence-electron chi connectivity index (χ0n) is 13.7. The summed E-state index contributed by atoms with van der Waals surface area (Å²) < 4.78 is 10.8. The summed E-state index contributed by atoms with van der Waals surface area (Å²) in [5, 5.41) is 3.00. The molecule has 0 aliphatic carbocycles. The van der Waals surface area contributed by atoms with Crippen LogP contribution in [0, 0.1) is 6.92 Å². The highest BCUT2D eigenvalue weighted by molar-refractivity contribution is 7.66. The number of hydrogen-bond donors (Lipinski definition) is 1. The monoisotopic (exact) mass is 343 g/mol. The minimum Gasteiger partial charge on any atom is -0.620 e. The molecule has 0 amide bonds. The molecule has 1 heterocycles. The van der Waals surface area contributed by atoms with Crippen LogP contribution in [0.2, 0.25) is 0 Å². The molecule has 1 aliphatic heterocycles. The normalized spacial score (nSPS) is 21.8. The van der Waals surface area contributed by atoms with Crippen LogP contribution in [0.4, 0.5) is 0 Å². The minimum absolute atomic E-state index is 0.0248. The average molecular weight is 343 g/mol. The van der Waals surface area contributed by atoms with Crippen molar-refractivity contribution in [3.8, 4) is 5.75 Å². The first kappa shape index (κ1) is 16.7. The van der Waals surface area contributed by atoms with Gasteiger partial charge in [0.1, 0.15) is 0 Å². The molecular weight excluding hydrogens is 325 g/mol. The van der Waals surface area contributed by atoms with Crippen LogP contribution >= 0.6 is 7.94 Å². The Morgan fingerprint density at radius 3 is 2.54 bits per heavy atom. The van der Waals surface area contributed by atoms with E-state index in [1.165, 1.54) is 7.11 Å². The molecule has 1 N–H and O–H groups in total. The largest absolute Gasteiger partial charge is 0.620 e. The van der Waals surface area contributed by atoms with E-state index in [0.717, 1.165) is 11.1 Å². The number of benzene rings is 2. The Morgan fingerprint density at radius 1 is 1.21 bits per heavy atom. The number of fused-ring (bicyclic) bond motifs is 1. The third-order valence-corrected chi connectivity index (χ3v) is 5.77. The summed E-state index contributed by atoms with van der Waals surface area (Å²) in [6.45, 7) is 1.89. The van der Waals surface area contributed by atoms with Gasteiger partial charge in [0, 0.05) is 12.6 Å². The summed E-state index contributed by atoms with van der Waals surface area (Å²) in [4.78, 5) is 26.3. The van der Waals surface area contributed by atoms with Gasteiger partial charge in [-0.1, -0.05) is 42.0 Å². The molecule has 0 fully saturated rings. The number of Topliss-reactive ketones (excluding diaryl/α,β-unsaturated/α-hetero) is 1. The number of aryl methyl sites for hydroxylation is 1. The second kappa shape index (κ2) is 6.36. The van der Waals surface area contributed by atoms with Gasteiger partial charge in [0.15, 0.2) is 5.75 Å². The fraction of sp³-hybridized carbons (Fsp3) is 0.167. The van der Waals surface area contributed by atoms with Crippen LogP contribution in [0.1, 0.15) is 21.5 Å². The predicted octanol–water partition coefficient (Wildman–Crippen LogP) is 2.93. The van der Waals surface area contributed by atoms with Gasteiger partial charge in [0.05, 0.1) is 18.4 Å². The van der Waals surface area contributed by atoms with Crippen molar-refractivity contribution in [1.82, 2.24) is 5.32 Å². The van der Waals surface area contributed by atoms with E-state index in [0.29, 0.717) is 11.3 Å². The van der Waals surface area contributed by atoms with E-state index in [1.54, 1.807) is 25.2 Å². The fourth-order valence-corrected chi connectivity index (χ4v) is 4.36. The van der Waals surface area contributed by atoms with Gasteiger partial charge in [-0.3, -0.25) is 4.79 Å². The Balaban J connectivity index is 2.27. The first-order valence-corrected chi connectivity index (χ1v) is 9.03. The lowest BCUT2D eigenvalue weighted by molar-refractivity contribution is -0.205. The molecule has 2 aromatic carbocycles. The maximum atomic E-state index is 13.2. The molecule has 0 aromatic heterocycles. The minimum atomic E-state index is -3.78. The standard InChI is InChI=1S/C18H18NO4P/c1-12-9-10-15-14(11-12)17(20)18(24(21,22-3)23-15)16(19-2)13-7-5-4-6-8-13/h4-11,19H,1-3H3/b18-16-. The highest BCUT2D eigenvalue weighted by atomic mass is 31.2. The second-order valence-electron chi connectivity index (χ2n) is 5.44. The van der Waals surface area contributed by atoms with E-state index in [-0.39, 0.29) is 16.8 Å². The Bertz CT molecular complexity index is 819. The number of hydrogen-bond acceptors (Lipinski definition) is 5. The van der Waals surface area contributed by atoms with Crippen molar-refractivity contribution in [3.63, 3.8) is 0 Å². The quantitative estimate of drug-likeness (QED) is 0.685. The first-order chi connectivity index (χ1) is 11.5. The van der Waals surface area contributed by atoms with Gasteiger partial charge in [0.25, 0.3) is 0 Å². The Morgan fingerprint density at radius 2 is 1.92 bits per heavy atom. The topological polar surface area (TPSA) is 70.6 Å². The third-order valence-electron chi connectivity index (χ3n) is 3.88. The molecule has 0 bridgehead atoms. The van der Waals surface area contributed by atoms with Crippen molar-refractivity contribution in [2.75, 3.05) is 14.2 Å². The van der Waals surface area contributed by atoms with E-state index in [9.17, 15) is 9.69 Å². The average Bonchev–Trinajstić information content (AvgIpc) is 2.60.